The van der Waals surface area contributed by atoms with E-state index in [2.05, 4.69) is 36.4 Å². The van der Waals surface area contributed by atoms with Crippen LogP contribution in [0.4, 0.5) is 5.82 Å². The molecule has 0 radical (unpaired) electrons. The van der Waals surface area contributed by atoms with Gasteiger partial charge in [0.25, 0.3) is 5.89 Å². The molecule has 28 heavy (non-hydrogen) atoms. The third-order valence-electron chi connectivity index (χ3n) is 4.05. The van der Waals surface area contributed by atoms with Gasteiger partial charge in [0.1, 0.15) is 17.2 Å². The molecular formula is C18H15BrN6O3. The Hall–Kier alpha value is -3.40. The molecule has 0 spiro atoms. The van der Waals surface area contributed by atoms with Gasteiger partial charge in [0, 0.05) is 16.1 Å². The van der Waals surface area contributed by atoms with Crippen molar-refractivity contribution in [2.75, 3.05) is 20.0 Å². The molecular weight excluding hydrogens is 428 g/mol. The summed E-state index contributed by atoms with van der Waals surface area (Å²) in [6.45, 7) is 0. The highest BCUT2D eigenvalue weighted by molar-refractivity contribution is 9.10. The number of nitrogens with zero attached hydrogens (tertiary/aromatic N) is 5. The molecule has 0 atom stereocenters. The van der Waals surface area contributed by atoms with Gasteiger partial charge in [-0.15, -0.1) is 5.10 Å². The Balaban J connectivity index is 1.73. The number of methoxy groups -OCH3 is 2. The van der Waals surface area contributed by atoms with Crippen molar-refractivity contribution in [3.63, 3.8) is 0 Å². The Labute approximate surface area is 168 Å². The van der Waals surface area contributed by atoms with E-state index in [0.717, 1.165) is 10.0 Å². The highest BCUT2D eigenvalue weighted by atomic mass is 79.9. The third-order valence-corrected chi connectivity index (χ3v) is 4.58. The van der Waals surface area contributed by atoms with Gasteiger partial charge < -0.3 is 19.7 Å². The molecule has 0 aliphatic rings. The molecule has 142 valence electrons. The van der Waals surface area contributed by atoms with Gasteiger partial charge in [0.15, 0.2) is 11.5 Å². The van der Waals surface area contributed by atoms with Crippen LogP contribution in [-0.4, -0.2) is 39.4 Å². The lowest BCUT2D eigenvalue weighted by Crippen LogP contribution is -2.05. The van der Waals surface area contributed by atoms with Crippen molar-refractivity contribution in [2.45, 2.75) is 0 Å². The van der Waals surface area contributed by atoms with Gasteiger partial charge in [0.05, 0.1) is 14.2 Å². The summed E-state index contributed by atoms with van der Waals surface area (Å²) in [4.78, 5) is 4.38. The predicted molar refractivity (Wildman–Crippen MR) is 105 cm³/mol. The Morgan fingerprint density at radius 3 is 2.57 bits per heavy atom. The molecule has 0 amide bonds. The highest BCUT2D eigenvalue weighted by Gasteiger charge is 2.21. The molecule has 0 saturated carbocycles. The van der Waals surface area contributed by atoms with Crippen LogP contribution in [0.15, 0.2) is 51.5 Å². The van der Waals surface area contributed by atoms with Crippen molar-refractivity contribution in [1.29, 1.82) is 0 Å². The molecule has 2 heterocycles. The van der Waals surface area contributed by atoms with Crippen molar-refractivity contribution in [1.82, 2.24) is 25.1 Å². The second-order valence-corrected chi connectivity index (χ2v) is 6.62. The topological polar surface area (TPSA) is 114 Å². The molecule has 9 nitrogen and oxygen atoms in total. The molecule has 0 aliphatic carbocycles. The average Bonchev–Trinajstić information content (AvgIpc) is 3.34. The lowest BCUT2D eigenvalue weighted by Gasteiger charge is -2.10. The first kappa shape index (κ1) is 18.0. The van der Waals surface area contributed by atoms with E-state index in [-0.39, 0.29) is 17.4 Å². The molecule has 4 rings (SSSR count). The van der Waals surface area contributed by atoms with Gasteiger partial charge in [-0.05, 0) is 36.4 Å². The minimum Gasteiger partial charge on any atom is -0.497 e. The molecule has 10 heteroatoms. The van der Waals surface area contributed by atoms with Gasteiger partial charge in [-0.25, -0.2) is 0 Å². The fraction of sp³-hybridized carbons (Fsp3) is 0.111. The van der Waals surface area contributed by atoms with Crippen LogP contribution in [0, 0.1) is 0 Å². The van der Waals surface area contributed by atoms with Crippen LogP contribution < -0.4 is 15.2 Å². The van der Waals surface area contributed by atoms with E-state index in [9.17, 15) is 0 Å². The molecule has 2 aromatic heterocycles. The fourth-order valence-corrected chi connectivity index (χ4v) is 2.88. The number of hydrogen-bond acceptors (Lipinski definition) is 8. The van der Waals surface area contributed by atoms with E-state index in [1.165, 1.54) is 4.68 Å². The molecule has 0 bridgehead atoms. The lowest BCUT2D eigenvalue weighted by molar-refractivity contribution is 0.400. The zero-order chi connectivity index (χ0) is 19.7. The lowest BCUT2D eigenvalue weighted by atomic mass is 10.2. The van der Waals surface area contributed by atoms with Crippen molar-refractivity contribution >= 4 is 21.7 Å². The second kappa shape index (κ2) is 7.31. The molecule has 0 unspecified atom stereocenters. The van der Waals surface area contributed by atoms with Crippen LogP contribution >= 0.6 is 15.9 Å². The van der Waals surface area contributed by atoms with Gasteiger partial charge in [-0.2, -0.15) is 9.67 Å². The van der Waals surface area contributed by atoms with E-state index in [4.69, 9.17) is 19.7 Å². The van der Waals surface area contributed by atoms with Gasteiger partial charge in [0.2, 0.25) is 5.82 Å². The number of aromatic nitrogens is 5. The molecule has 0 fully saturated rings. The third kappa shape index (κ3) is 3.18. The van der Waals surface area contributed by atoms with Crippen LogP contribution in [0.5, 0.6) is 11.5 Å². The fourth-order valence-electron chi connectivity index (χ4n) is 2.62. The molecule has 0 saturated heterocycles. The number of hydrogen-bond donors (Lipinski definition) is 1. The van der Waals surface area contributed by atoms with Crippen molar-refractivity contribution in [2.24, 2.45) is 0 Å². The Morgan fingerprint density at radius 2 is 1.86 bits per heavy atom. The number of anilines is 1. The standard InChI is InChI=1S/C18H15BrN6O3/c1-26-12-7-8-14(27-2)13(9-12)25-16(20)15(22-24-25)18-21-17(23-28-18)10-3-5-11(19)6-4-10/h3-9H,20H2,1-2H3. The first-order valence-electron chi connectivity index (χ1n) is 8.14. The van der Waals surface area contributed by atoms with Gasteiger partial charge in [-0.1, -0.05) is 26.3 Å². The Morgan fingerprint density at radius 1 is 1.07 bits per heavy atom. The van der Waals surface area contributed by atoms with E-state index < -0.39 is 0 Å². The van der Waals surface area contributed by atoms with E-state index in [1.54, 1.807) is 32.4 Å². The predicted octanol–water partition coefficient (Wildman–Crippen LogP) is 3.35. The normalized spacial score (nSPS) is 10.8. The Bertz CT molecular complexity index is 1120. The summed E-state index contributed by atoms with van der Waals surface area (Å²) in [5.41, 5.74) is 7.92. The highest BCUT2D eigenvalue weighted by Crippen LogP contribution is 2.32. The van der Waals surface area contributed by atoms with Crippen LogP contribution in [0.3, 0.4) is 0 Å². The summed E-state index contributed by atoms with van der Waals surface area (Å²) in [6, 6.07) is 12.8. The first-order valence-corrected chi connectivity index (χ1v) is 8.93. The number of ether oxygens (including phenoxy) is 2. The molecule has 2 N–H and O–H groups in total. The summed E-state index contributed by atoms with van der Waals surface area (Å²) < 4.78 is 18.4. The first-order chi connectivity index (χ1) is 13.6. The summed E-state index contributed by atoms with van der Waals surface area (Å²) in [6.07, 6.45) is 0. The number of benzene rings is 2. The van der Waals surface area contributed by atoms with Crippen LogP contribution in [-0.2, 0) is 0 Å². The van der Waals surface area contributed by atoms with Crippen LogP contribution in [0.1, 0.15) is 0 Å². The Kier molecular flexibility index (Phi) is 4.70. The summed E-state index contributed by atoms with van der Waals surface area (Å²) in [5.74, 6) is 2.02. The maximum atomic E-state index is 6.26. The maximum Gasteiger partial charge on any atom is 0.282 e. The maximum absolute atomic E-state index is 6.26. The van der Waals surface area contributed by atoms with E-state index in [1.807, 2.05) is 24.3 Å². The quantitative estimate of drug-likeness (QED) is 0.500. The van der Waals surface area contributed by atoms with Crippen molar-refractivity contribution < 1.29 is 14.0 Å². The van der Waals surface area contributed by atoms with Crippen molar-refractivity contribution in [3.8, 4) is 40.2 Å². The smallest absolute Gasteiger partial charge is 0.282 e. The summed E-state index contributed by atoms with van der Waals surface area (Å²) in [7, 11) is 3.13. The number of rotatable bonds is 5. The SMILES string of the molecule is COc1ccc(OC)c(-n2nnc(-c3nc(-c4ccc(Br)cc4)no3)c2N)c1. The monoisotopic (exact) mass is 442 g/mol. The van der Waals surface area contributed by atoms with Gasteiger partial charge >= 0.3 is 0 Å². The average molecular weight is 443 g/mol. The van der Waals surface area contributed by atoms with Gasteiger partial charge in [-0.3, -0.25) is 0 Å². The number of halogens is 1. The second-order valence-electron chi connectivity index (χ2n) is 5.70. The number of nitrogens with two attached hydrogens (primary N) is 1. The number of nitrogen functional groups attached to an aromatic ring is 1. The summed E-state index contributed by atoms with van der Waals surface area (Å²) in [5, 5.41) is 12.2. The molecule has 2 aromatic carbocycles. The van der Waals surface area contributed by atoms with E-state index in [0.29, 0.717) is 23.0 Å². The largest absolute Gasteiger partial charge is 0.497 e. The zero-order valence-corrected chi connectivity index (χ0v) is 16.5. The minimum atomic E-state index is 0.170. The van der Waals surface area contributed by atoms with Crippen molar-refractivity contribution in [3.05, 3.63) is 46.9 Å². The van der Waals surface area contributed by atoms with Crippen LogP contribution in [0.2, 0.25) is 0 Å². The van der Waals surface area contributed by atoms with E-state index >= 15 is 0 Å². The summed E-state index contributed by atoms with van der Waals surface area (Å²) >= 11 is 3.40. The minimum absolute atomic E-state index is 0.170. The zero-order valence-electron chi connectivity index (χ0n) is 15.0. The van der Waals surface area contributed by atoms with Crippen LogP contribution in [0.25, 0.3) is 28.7 Å². The molecule has 4 aromatic rings. The molecule has 0 aliphatic heterocycles.